The van der Waals surface area contributed by atoms with Crippen LogP contribution in [0.4, 0.5) is 11.8 Å². The van der Waals surface area contributed by atoms with Gasteiger partial charge in [-0.3, -0.25) is 0 Å². The third-order valence-electron chi connectivity index (χ3n) is 4.05. The van der Waals surface area contributed by atoms with Crippen molar-refractivity contribution in [2.45, 2.75) is 31.3 Å². The maximum Gasteiger partial charge on any atom is 0.326 e. The van der Waals surface area contributed by atoms with Crippen LogP contribution in [0.2, 0.25) is 0 Å². The number of ether oxygens (including phenoxy) is 1. The molecule has 132 valence electrons. The lowest BCUT2D eigenvalue weighted by atomic mass is 10.1. The van der Waals surface area contributed by atoms with Crippen molar-refractivity contribution in [2.75, 3.05) is 23.8 Å². The van der Waals surface area contributed by atoms with Crippen LogP contribution in [-0.4, -0.2) is 46.3 Å². The molecule has 0 bridgehead atoms. The molecule has 0 radical (unpaired) electrons. The van der Waals surface area contributed by atoms with Gasteiger partial charge in [0.15, 0.2) is 0 Å². The molecule has 3 N–H and O–H groups in total. The molecule has 1 saturated heterocycles. The molecule has 1 aliphatic rings. The Labute approximate surface area is 146 Å². The summed E-state index contributed by atoms with van der Waals surface area (Å²) >= 11 is 0. The predicted molar refractivity (Wildman–Crippen MR) is 94.7 cm³/mol. The summed E-state index contributed by atoms with van der Waals surface area (Å²) in [4.78, 5) is 20.1. The fourth-order valence-electron chi connectivity index (χ4n) is 2.78. The van der Waals surface area contributed by atoms with E-state index in [1.807, 2.05) is 30.3 Å². The molecule has 0 amide bonds. The number of anilines is 2. The minimum Gasteiger partial charge on any atom is -0.480 e. The van der Waals surface area contributed by atoms with Crippen molar-refractivity contribution in [1.29, 1.82) is 0 Å². The fourth-order valence-corrected chi connectivity index (χ4v) is 2.78. The van der Waals surface area contributed by atoms with Crippen LogP contribution < -0.4 is 10.6 Å². The first-order chi connectivity index (χ1) is 12.2. The number of nitrogens with zero attached hydrogens (tertiary/aromatic N) is 2. The Bertz CT molecular complexity index is 690. The number of rotatable bonds is 7. The Hall–Kier alpha value is -2.67. The second-order valence-electron chi connectivity index (χ2n) is 6.05. The maximum absolute atomic E-state index is 11.6. The minimum absolute atomic E-state index is 0.219. The monoisotopic (exact) mass is 342 g/mol. The number of aliphatic carboxylic acids is 1. The van der Waals surface area contributed by atoms with E-state index in [4.69, 9.17) is 4.74 Å². The molecular formula is C18H22N4O3. The molecule has 0 aliphatic carbocycles. The van der Waals surface area contributed by atoms with Crippen LogP contribution in [0.25, 0.3) is 0 Å². The highest BCUT2D eigenvalue weighted by molar-refractivity contribution is 5.77. The second kappa shape index (κ2) is 8.43. The van der Waals surface area contributed by atoms with Gasteiger partial charge in [0.2, 0.25) is 5.95 Å². The van der Waals surface area contributed by atoms with Gasteiger partial charge in [-0.1, -0.05) is 30.3 Å². The number of carboxylic acid groups (broad SMARTS) is 1. The zero-order valence-corrected chi connectivity index (χ0v) is 13.9. The van der Waals surface area contributed by atoms with E-state index in [9.17, 15) is 9.90 Å². The smallest absolute Gasteiger partial charge is 0.326 e. The van der Waals surface area contributed by atoms with Crippen molar-refractivity contribution in [3.8, 4) is 0 Å². The summed E-state index contributed by atoms with van der Waals surface area (Å²) in [5, 5.41) is 15.7. The van der Waals surface area contributed by atoms with Crippen LogP contribution in [0.15, 0.2) is 42.6 Å². The zero-order valence-electron chi connectivity index (χ0n) is 13.9. The van der Waals surface area contributed by atoms with Crippen molar-refractivity contribution >= 4 is 17.7 Å². The zero-order chi connectivity index (χ0) is 17.5. The summed E-state index contributed by atoms with van der Waals surface area (Å²) in [7, 11) is 0. The molecule has 2 aromatic rings. The lowest BCUT2D eigenvalue weighted by Crippen LogP contribution is -2.33. The first-order valence-electron chi connectivity index (χ1n) is 8.41. The van der Waals surface area contributed by atoms with Crippen molar-refractivity contribution in [1.82, 2.24) is 9.97 Å². The van der Waals surface area contributed by atoms with Crippen LogP contribution >= 0.6 is 0 Å². The van der Waals surface area contributed by atoms with Crippen LogP contribution in [0.1, 0.15) is 18.4 Å². The molecule has 1 aromatic carbocycles. The van der Waals surface area contributed by atoms with Gasteiger partial charge in [0.05, 0.1) is 12.6 Å². The largest absolute Gasteiger partial charge is 0.480 e. The van der Waals surface area contributed by atoms with Gasteiger partial charge >= 0.3 is 5.97 Å². The van der Waals surface area contributed by atoms with E-state index in [1.165, 1.54) is 0 Å². The highest BCUT2D eigenvalue weighted by Gasteiger charge is 2.19. The van der Waals surface area contributed by atoms with Gasteiger partial charge in [-0.15, -0.1) is 0 Å². The molecule has 25 heavy (non-hydrogen) atoms. The molecule has 1 aliphatic heterocycles. The summed E-state index contributed by atoms with van der Waals surface area (Å²) in [5.74, 6) is 0.0217. The molecule has 2 atom stereocenters. The molecular weight excluding hydrogens is 320 g/mol. The van der Waals surface area contributed by atoms with Crippen LogP contribution in [0, 0.1) is 0 Å². The molecule has 1 fully saturated rings. The average molecular weight is 342 g/mol. The van der Waals surface area contributed by atoms with Crippen molar-refractivity contribution in [3.63, 3.8) is 0 Å². The maximum atomic E-state index is 11.6. The third kappa shape index (κ3) is 5.15. The topological polar surface area (TPSA) is 96.4 Å². The normalized spacial score (nSPS) is 18.3. The van der Waals surface area contributed by atoms with E-state index in [-0.39, 0.29) is 6.04 Å². The number of hydrogen-bond acceptors (Lipinski definition) is 6. The molecule has 1 unspecified atom stereocenters. The Morgan fingerprint density at radius 2 is 2.16 bits per heavy atom. The molecule has 0 spiro atoms. The molecule has 7 heteroatoms. The Balaban J connectivity index is 1.65. The molecule has 1 aromatic heterocycles. The van der Waals surface area contributed by atoms with Crippen LogP contribution in [-0.2, 0) is 16.0 Å². The Kier molecular flexibility index (Phi) is 5.79. The van der Waals surface area contributed by atoms with Gasteiger partial charge in [-0.2, -0.15) is 4.98 Å². The predicted octanol–water partition coefficient (Wildman–Crippen LogP) is 2.18. The quantitative estimate of drug-likeness (QED) is 0.709. The van der Waals surface area contributed by atoms with E-state index in [0.717, 1.165) is 25.0 Å². The summed E-state index contributed by atoms with van der Waals surface area (Å²) in [5.41, 5.74) is 0.941. The number of carbonyl (C=O) groups is 1. The first kappa shape index (κ1) is 17.2. The highest BCUT2D eigenvalue weighted by atomic mass is 16.5. The van der Waals surface area contributed by atoms with Gasteiger partial charge in [-0.05, 0) is 24.5 Å². The van der Waals surface area contributed by atoms with E-state index >= 15 is 0 Å². The van der Waals surface area contributed by atoms with Gasteiger partial charge in [0.1, 0.15) is 11.9 Å². The van der Waals surface area contributed by atoms with Gasteiger partial charge < -0.3 is 20.5 Å². The lowest BCUT2D eigenvalue weighted by molar-refractivity contribution is -0.137. The Morgan fingerprint density at radius 1 is 1.32 bits per heavy atom. The van der Waals surface area contributed by atoms with Crippen molar-refractivity contribution < 1.29 is 14.6 Å². The van der Waals surface area contributed by atoms with Gasteiger partial charge in [0, 0.05) is 19.2 Å². The van der Waals surface area contributed by atoms with E-state index in [1.54, 1.807) is 12.3 Å². The molecule has 0 saturated carbocycles. The summed E-state index contributed by atoms with van der Waals surface area (Å²) in [6.07, 6.45) is 4.01. The number of carboxylic acids is 1. The van der Waals surface area contributed by atoms with Crippen LogP contribution in [0.5, 0.6) is 0 Å². The van der Waals surface area contributed by atoms with E-state index in [2.05, 4.69) is 20.6 Å². The first-order valence-corrected chi connectivity index (χ1v) is 8.41. The van der Waals surface area contributed by atoms with Crippen LogP contribution in [0.3, 0.4) is 0 Å². The standard InChI is InChI=1S/C18H22N4O3/c23-17(24)15(11-13-5-2-1-3-6-13)21-18-19-9-8-16(22-18)20-14-7-4-10-25-12-14/h1-3,5-6,8-9,14-15H,4,7,10-12H2,(H,23,24)(H2,19,20,21,22)/t14?,15-/m0/s1. The number of aromatic nitrogens is 2. The average Bonchev–Trinajstić information content (AvgIpc) is 2.63. The van der Waals surface area contributed by atoms with E-state index < -0.39 is 12.0 Å². The molecule has 3 rings (SSSR count). The number of benzene rings is 1. The number of hydrogen-bond donors (Lipinski definition) is 3. The lowest BCUT2D eigenvalue weighted by Gasteiger charge is -2.23. The van der Waals surface area contributed by atoms with Gasteiger partial charge in [0.25, 0.3) is 0 Å². The fraction of sp³-hybridized carbons (Fsp3) is 0.389. The highest BCUT2D eigenvalue weighted by Crippen LogP contribution is 2.14. The van der Waals surface area contributed by atoms with Crippen molar-refractivity contribution in [3.05, 3.63) is 48.2 Å². The summed E-state index contributed by atoms with van der Waals surface area (Å²) < 4.78 is 5.45. The summed E-state index contributed by atoms with van der Waals surface area (Å²) in [6, 6.07) is 10.7. The number of nitrogens with one attached hydrogen (secondary N) is 2. The molecule has 2 heterocycles. The van der Waals surface area contributed by atoms with Crippen molar-refractivity contribution in [2.24, 2.45) is 0 Å². The second-order valence-corrected chi connectivity index (χ2v) is 6.05. The third-order valence-corrected chi connectivity index (χ3v) is 4.05. The van der Waals surface area contributed by atoms with Gasteiger partial charge in [-0.25, -0.2) is 9.78 Å². The summed E-state index contributed by atoms with van der Waals surface area (Å²) in [6.45, 7) is 1.45. The SMILES string of the molecule is O=C(O)[C@H](Cc1ccccc1)Nc1nccc(NC2CCCOC2)n1. The van der Waals surface area contributed by atoms with E-state index in [0.29, 0.717) is 24.8 Å². The molecule has 7 nitrogen and oxygen atoms in total. The Morgan fingerprint density at radius 3 is 2.88 bits per heavy atom. The minimum atomic E-state index is -0.938.